The van der Waals surface area contributed by atoms with Crippen LogP contribution in [0, 0.1) is 18.7 Å². The molecule has 1 unspecified atom stereocenters. The van der Waals surface area contributed by atoms with E-state index in [-0.39, 0.29) is 11.9 Å². The fourth-order valence-corrected chi connectivity index (χ4v) is 2.86. The Balaban J connectivity index is 1.95. The van der Waals surface area contributed by atoms with Crippen LogP contribution in [-0.4, -0.2) is 0 Å². The monoisotopic (exact) mass is 262 g/mol. The summed E-state index contributed by atoms with van der Waals surface area (Å²) in [6, 6.07) is 4.64. The number of hydrogen-bond donors (Lipinski definition) is 2. The molecule has 0 saturated heterocycles. The fraction of sp³-hybridized carbons (Fsp3) is 0.467. The van der Waals surface area contributed by atoms with Crippen molar-refractivity contribution < 1.29 is 8.81 Å². The first-order valence-electron chi connectivity index (χ1n) is 6.83. The maximum atomic E-state index is 13.3. The number of rotatable bonds is 4. The van der Waals surface area contributed by atoms with Gasteiger partial charge in [0.05, 0.1) is 6.04 Å². The van der Waals surface area contributed by atoms with Crippen LogP contribution in [0.4, 0.5) is 4.39 Å². The number of nitrogens with two attached hydrogens (primary N) is 1. The first kappa shape index (κ1) is 12.6. The summed E-state index contributed by atoms with van der Waals surface area (Å²) in [6.45, 7) is 1.96. The normalized spacial score (nSPS) is 17.6. The molecule has 3 nitrogen and oxygen atoms in total. The second-order valence-corrected chi connectivity index (χ2v) is 5.48. The van der Waals surface area contributed by atoms with E-state index >= 15 is 0 Å². The molecule has 0 radical (unpaired) electrons. The van der Waals surface area contributed by atoms with E-state index in [0.717, 1.165) is 34.6 Å². The van der Waals surface area contributed by atoms with Crippen LogP contribution in [-0.2, 0) is 0 Å². The Morgan fingerprint density at radius 1 is 1.47 bits per heavy atom. The van der Waals surface area contributed by atoms with Gasteiger partial charge in [0, 0.05) is 10.9 Å². The third-order valence-electron chi connectivity index (χ3n) is 4.25. The number of hydrogen-bond acceptors (Lipinski definition) is 3. The lowest BCUT2D eigenvalue weighted by atomic mass is 9.80. The van der Waals surface area contributed by atoms with Crippen LogP contribution < -0.4 is 11.3 Å². The SMILES string of the molecule is Cc1c(C(CC2CCC2)NN)oc2ccc(F)cc12. The molecule has 1 atom stereocenters. The maximum absolute atomic E-state index is 13.3. The van der Waals surface area contributed by atoms with Crippen LogP contribution in [0.1, 0.15) is 43.0 Å². The molecule has 3 N–H and O–H groups in total. The number of nitrogens with one attached hydrogen (secondary N) is 1. The maximum Gasteiger partial charge on any atom is 0.134 e. The molecule has 19 heavy (non-hydrogen) atoms. The molecule has 4 heteroatoms. The van der Waals surface area contributed by atoms with Crippen molar-refractivity contribution in [3.05, 3.63) is 35.3 Å². The predicted octanol–water partition coefficient (Wildman–Crippen LogP) is 3.57. The zero-order chi connectivity index (χ0) is 13.4. The summed E-state index contributed by atoms with van der Waals surface area (Å²) < 4.78 is 19.2. The van der Waals surface area contributed by atoms with Gasteiger partial charge < -0.3 is 4.42 Å². The van der Waals surface area contributed by atoms with Crippen LogP contribution in [0.15, 0.2) is 22.6 Å². The average molecular weight is 262 g/mol. The highest BCUT2D eigenvalue weighted by molar-refractivity contribution is 5.82. The van der Waals surface area contributed by atoms with E-state index in [9.17, 15) is 4.39 Å². The molecule has 0 amide bonds. The lowest BCUT2D eigenvalue weighted by Crippen LogP contribution is -2.31. The van der Waals surface area contributed by atoms with Crippen LogP contribution >= 0.6 is 0 Å². The molecule has 0 spiro atoms. The Hall–Kier alpha value is -1.39. The molecule has 1 saturated carbocycles. The van der Waals surface area contributed by atoms with Gasteiger partial charge in [-0.3, -0.25) is 5.84 Å². The van der Waals surface area contributed by atoms with E-state index in [2.05, 4.69) is 5.43 Å². The standard InChI is InChI=1S/C15H19FN2O/c1-9-12-8-11(16)5-6-14(12)19-15(9)13(18-17)7-10-3-2-4-10/h5-6,8,10,13,18H,2-4,7,17H2,1H3. The number of hydrazine groups is 1. The van der Waals surface area contributed by atoms with Crippen molar-refractivity contribution in [1.82, 2.24) is 5.43 Å². The summed E-state index contributed by atoms with van der Waals surface area (Å²) >= 11 is 0. The summed E-state index contributed by atoms with van der Waals surface area (Å²) in [6.07, 6.45) is 4.84. The molecular formula is C15H19FN2O. The highest BCUT2D eigenvalue weighted by atomic mass is 19.1. The number of furan rings is 1. The third-order valence-corrected chi connectivity index (χ3v) is 4.25. The molecule has 1 fully saturated rings. The quantitative estimate of drug-likeness (QED) is 0.654. The van der Waals surface area contributed by atoms with Gasteiger partial charge in [-0.2, -0.15) is 0 Å². The molecule has 1 aromatic carbocycles. The summed E-state index contributed by atoms with van der Waals surface area (Å²) in [5, 5.41) is 0.837. The van der Waals surface area contributed by atoms with Gasteiger partial charge in [0.2, 0.25) is 0 Å². The highest BCUT2D eigenvalue weighted by Gasteiger charge is 2.26. The Morgan fingerprint density at radius 2 is 2.26 bits per heavy atom. The number of aryl methyl sites for hydroxylation is 1. The van der Waals surface area contributed by atoms with Crippen molar-refractivity contribution in [3.8, 4) is 0 Å². The summed E-state index contributed by atoms with van der Waals surface area (Å²) in [4.78, 5) is 0. The first-order chi connectivity index (χ1) is 9.19. The molecule has 1 aliphatic rings. The van der Waals surface area contributed by atoms with Crippen molar-refractivity contribution in [2.45, 2.75) is 38.6 Å². The minimum Gasteiger partial charge on any atom is -0.459 e. The lowest BCUT2D eigenvalue weighted by Gasteiger charge is -2.28. The average Bonchev–Trinajstić information content (AvgIpc) is 2.66. The zero-order valence-electron chi connectivity index (χ0n) is 11.1. The molecule has 1 aliphatic carbocycles. The molecule has 0 bridgehead atoms. The smallest absolute Gasteiger partial charge is 0.134 e. The Bertz CT molecular complexity index is 589. The van der Waals surface area contributed by atoms with Gasteiger partial charge in [-0.05, 0) is 37.5 Å². The molecule has 102 valence electrons. The van der Waals surface area contributed by atoms with E-state index in [1.165, 1.54) is 31.4 Å². The number of fused-ring (bicyclic) bond motifs is 1. The van der Waals surface area contributed by atoms with Crippen molar-refractivity contribution >= 4 is 11.0 Å². The van der Waals surface area contributed by atoms with Crippen molar-refractivity contribution in [2.24, 2.45) is 11.8 Å². The largest absolute Gasteiger partial charge is 0.459 e. The molecule has 1 aromatic heterocycles. The summed E-state index contributed by atoms with van der Waals surface area (Å²) in [7, 11) is 0. The van der Waals surface area contributed by atoms with Crippen molar-refractivity contribution in [1.29, 1.82) is 0 Å². The van der Waals surface area contributed by atoms with Gasteiger partial charge in [-0.15, -0.1) is 0 Å². The molecule has 3 rings (SSSR count). The Labute approximate surface area is 111 Å². The zero-order valence-corrected chi connectivity index (χ0v) is 11.1. The Morgan fingerprint density at radius 3 is 2.89 bits per heavy atom. The topological polar surface area (TPSA) is 51.2 Å². The molecule has 2 aromatic rings. The van der Waals surface area contributed by atoms with E-state index in [0.29, 0.717) is 0 Å². The second kappa shape index (κ2) is 4.94. The van der Waals surface area contributed by atoms with E-state index < -0.39 is 0 Å². The lowest BCUT2D eigenvalue weighted by molar-refractivity contribution is 0.248. The van der Waals surface area contributed by atoms with Gasteiger partial charge in [0.1, 0.15) is 17.2 Å². The van der Waals surface area contributed by atoms with Crippen LogP contribution in [0.25, 0.3) is 11.0 Å². The third kappa shape index (κ3) is 2.26. The van der Waals surface area contributed by atoms with Gasteiger partial charge in [0.15, 0.2) is 0 Å². The van der Waals surface area contributed by atoms with Gasteiger partial charge >= 0.3 is 0 Å². The van der Waals surface area contributed by atoms with Crippen molar-refractivity contribution in [2.75, 3.05) is 0 Å². The minimum atomic E-state index is -0.237. The minimum absolute atomic E-state index is 0.0146. The van der Waals surface area contributed by atoms with E-state index in [4.69, 9.17) is 10.3 Å². The number of halogens is 1. The van der Waals surface area contributed by atoms with Gasteiger partial charge in [-0.25, -0.2) is 9.82 Å². The highest BCUT2D eigenvalue weighted by Crippen LogP contribution is 2.37. The summed E-state index contributed by atoms with van der Waals surface area (Å²) in [5.41, 5.74) is 4.55. The predicted molar refractivity (Wildman–Crippen MR) is 72.9 cm³/mol. The second-order valence-electron chi connectivity index (χ2n) is 5.48. The van der Waals surface area contributed by atoms with Crippen LogP contribution in [0.2, 0.25) is 0 Å². The van der Waals surface area contributed by atoms with Crippen LogP contribution in [0.3, 0.4) is 0 Å². The number of benzene rings is 1. The van der Waals surface area contributed by atoms with Crippen molar-refractivity contribution in [3.63, 3.8) is 0 Å². The molecular weight excluding hydrogens is 243 g/mol. The van der Waals surface area contributed by atoms with Gasteiger partial charge in [0.25, 0.3) is 0 Å². The van der Waals surface area contributed by atoms with E-state index in [1.807, 2.05) is 6.92 Å². The van der Waals surface area contributed by atoms with Gasteiger partial charge in [-0.1, -0.05) is 19.3 Å². The van der Waals surface area contributed by atoms with E-state index in [1.54, 1.807) is 6.07 Å². The summed E-state index contributed by atoms with van der Waals surface area (Å²) in [5.74, 6) is 7.00. The molecule has 0 aliphatic heterocycles. The molecule has 1 heterocycles. The fourth-order valence-electron chi connectivity index (χ4n) is 2.86. The Kier molecular flexibility index (Phi) is 3.29. The van der Waals surface area contributed by atoms with Crippen LogP contribution in [0.5, 0.6) is 0 Å². The first-order valence-corrected chi connectivity index (χ1v) is 6.83.